The van der Waals surface area contributed by atoms with Gasteiger partial charge in [0.1, 0.15) is 17.4 Å². The van der Waals surface area contributed by atoms with Gasteiger partial charge in [0.25, 0.3) is 0 Å². The van der Waals surface area contributed by atoms with E-state index >= 15 is 0 Å². The van der Waals surface area contributed by atoms with Gasteiger partial charge in [-0.15, -0.1) is 0 Å². The second-order valence-electron chi connectivity index (χ2n) is 4.16. The molecule has 0 bridgehead atoms. The van der Waals surface area contributed by atoms with Gasteiger partial charge >= 0.3 is 0 Å². The first-order chi connectivity index (χ1) is 9.70. The fraction of sp³-hybridized carbons (Fsp3) is 0. The number of halogens is 2. The summed E-state index contributed by atoms with van der Waals surface area (Å²) in [7, 11) is 0. The highest BCUT2D eigenvalue weighted by atomic mass is 19.1. The van der Waals surface area contributed by atoms with Gasteiger partial charge in [0.15, 0.2) is 5.75 Å². The molecule has 5 heteroatoms. The third-order valence-corrected chi connectivity index (χ3v) is 2.66. The lowest BCUT2D eigenvalue weighted by molar-refractivity contribution is 0.476. The number of nitrogens with zero attached hydrogens (tertiary/aromatic N) is 2. The van der Waals surface area contributed by atoms with Crippen LogP contribution in [0.15, 0.2) is 60.9 Å². The van der Waals surface area contributed by atoms with Crippen LogP contribution in [0.25, 0.3) is 5.69 Å². The molecule has 0 fully saturated rings. The summed E-state index contributed by atoms with van der Waals surface area (Å²) in [6, 6.07) is 11.9. The van der Waals surface area contributed by atoms with E-state index in [0.717, 1.165) is 0 Å². The van der Waals surface area contributed by atoms with Gasteiger partial charge in [0.05, 0.1) is 18.1 Å². The van der Waals surface area contributed by atoms with Crippen LogP contribution in [0.3, 0.4) is 0 Å². The predicted octanol–water partition coefficient (Wildman–Crippen LogP) is 3.94. The molecule has 3 rings (SSSR count). The lowest BCUT2D eigenvalue weighted by Gasteiger charge is -2.02. The van der Waals surface area contributed by atoms with E-state index in [1.807, 2.05) is 0 Å². The molecule has 20 heavy (non-hydrogen) atoms. The van der Waals surface area contributed by atoms with E-state index in [4.69, 9.17) is 4.74 Å². The van der Waals surface area contributed by atoms with Crippen molar-refractivity contribution in [3.05, 3.63) is 72.6 Å². The molecule has 0 atom stereocenters. The summed E-state index contributed by atoms with van der Waals surface area (Å²) in [6.45, 7) is 0. The molecule has 3 aromatic rings. The molecular formula is C15H10F2N2O. The third kappa shape index (κ3) is 2.66. The van der Waals surface area contributed by atoms with Crippen LogP contribution < -0.4 is 4.74 Å². The molecule has 1 heterocycles. The highest BCUT2D eigenvalue weighted by Crippen LogP contribution is 2.22. The fourth-order valence-corrected chi connectivity index (χ4v) is 1.79. The minimum absolute atomic E-state index is 0.342. The highest BCUT2D eigenvalue weighted by molar-refractivity contribution is 5.34. The first kappa shape index (κ1) is 12.3. The molecule has 3 nitrogen and oxygen atoms in total. The van der Waals surface area contributed by atoms with Crippen molar-refractivity contribution >= 4 is 0 Å². The largest absolute Gasteiger partial charge is 0.454 e. The number of hydrogen-bond donors (Lipinski definition) is 0. The van der Waals surface area contributed by atoms with E-state index in [-0.39, 0.29) is 11.6 Å². The molecule has 100 valence electrons. The molecule has 0 aliphatic carbocycles. The number of aromatic nitrogens is 2. The SMILES string of the molecule is Fc1cccc(Oc2cnn(-c3cccc(F)c3)c2)c1. The number of benzene rings is 2. The zero-order chi connectivity index (χ0) is 13.9. The van der Waals surface area contributed by atoms with E-state index in [9.17, 15) is 8.78 Å². The van der Waals surface area contributed by atoms with Crippen LogP contribution in [0.4, 0.5) is 8.78 Å². The van der Waals surface area contributed by atoms with E-state index in [1.54, 1.807) is 30.5 Å². The Kier molecular flexibility index (Phi) is 3.16. The smallest absolute Gasteiger partial charge is 0.165 e. The molecule has 0 saturated heterocycles. The number of ether oxygens (including phenoxy) is 1. The van der Waals surface area contributed by atoms with Gasteiger partial charge in [-0.2, -0.15) is 5.10 Å². The average Bonchev–Trinajstić information content (AvgIpc) is 2.87. The monoisotopic (exact) mass is 272 g/mol. The lowest BCUT2D eigenvalue weighted by Crippen LogP contribution is -1.94. The molecule has 1 aromatic heterocycles. The van der Waals surface area contributed by atoms with Crippen molar-refractivity contribution in [2.45, 2.75) is 0 Å². The first-order valence-electron chi connectivity index (χ1n) is 5.95. The summed E-state index contributed by atoms with van der Waals surface area (Å²) in [5, 5.41) is 4.08. The Morgan fingerprint density at radius 1 is 0.900 bits per heavy atom. The summed E-state index contributed by atoms with van der Waals surface area (Å²) < 4.78 is 33.1. The van der Waals surface area contributed by atoms with Crippen LogP contribution in [0, 0.1) is 11.6 Å². The average molecular weight is 272 g/mol. The van der Waals surface area contributed by atoms with Gasteiger partial charge in [-0.25, -0.2) is 13.5 Å². The van der Waals surface area contributed by atoms with Crippen LogP contribution in [0.1, 0.15) is 0 Å². The molecule has 0 unspecified atom stereocenters. The quantitative estimate of drug-likeness (QED) is 0.722. The molecule has 0 radical (unpaired) electrons. The summed E-state index contributed by atoms with van der Waals surface area (Å²) in [6.07, 6.45) is 3.08. The second kappa shape index (κ2) is 5.13. The molecular weight excluding hydrogens is 262 g/mol. The predicted molar refractivity (Wildman–Crippen MR) is 70.0 cm³/mol. The van der Waals surface area contributed by atoms with Gasteiger partial charge in [0, 0.05) is 6.07 Å². The Morgan fingerprint density at radius 3 is 2.40 bits per heavy atom. The normalized spacial score (nSPS) is 10.5. The minimum atomic E-state index is -0.375. The van der Waals surface area contributed by atoms with Crippen LogP contribution in [-0.4, -0.2) is 9.78 Å². The Balaban J connectivity index is 1.84. The molecule has 0 spiro atoms. The van der Waals surface area contributed by atoms with Crippen molar-refractivity contribution in [1.29, 1.82) is 0 Å². The maximum absolute atomic E-state index is 13.1. The highest BCUT2D eigenvalue weighted by Gasteiger charge is 2.04. The van der Waals surface area contributed by atoms with E-state index in [2.05, 4.69) is 5.10 Å². The first-order valence-corrected chi connectivity index (χ1v) is 5.95. The Hall–Kier alpha value is -2.69. The number of hydrogen-bond acceptors (Lipinski definition) is 2. The van der Waals surface area contributed by atoms with Crippen LogP contribution in [-0.2, 0) is 0 Å². The molecule has 2 aromatic carbocycles. The Labute approximate surface area is 114 Å². The molecule has 0 aliphatic heterocycles. The third-order valence-electron chi connectivity index (χ3n) is 2.66. The van der Waals surface area contributed by atoms with Gasteiger partial charge in [-0.05, 0) is 30.3 Å². The minimum Gasteiger partial charge on any atom is -0.454 e. The van der Waals surface area contributed by atoms with Crippen molar-refractivity contribution in [3.63, 3.8) is 0 Å². The van der Waals surface area contributed by atoms with E-state index in [0.29, 0.717) is 17.2 Å². The summed E-state index contributed by atoms with van der Waals surface area (Å²) in [5.41, 5.74) is 0.582. The van der Waals surface area contributed by atoms with Crippen molar-refractivity contribution in [1.82, 2.24) is 9.78 Å². The van der Waals surface area contributed by atoms with Crippen molar-refractivity contribution < 1.29 is 13.5 Å². The summed E-state index contributed by atoms with van der Waals surface area (Å²) in [4.78, 5) is 0. The standard InChI is InChI=1S/C15H10F2N2O/c16-11-3-1-5-13(7-11)19-10-15(9-18-19)20-14-6-2-4-12(17)8-14/h1-10H. The topological polar surface area (TPSA) is 27.1 Å². The van der Waals surface area contributed by atoms with Crippen LogP contribution >= 0.6 is 0 Å². The fourth-order valence-electron chi connectivity index (χ4n) is 1.79. The summed E-state index contributed by atoms with van der Waals surface area (Å²) >= 11 is 0. The Bertz CT molecular complexity index is 740. The molecule has 0 aliphatic rings. The zero-order valence-corrected chi connectivity index (χ0v) is 10.3. The number of rotatable bonds is 3. The van der Waals surface area contributed by atoms with Crippen molar-refractivity contribution in [3.8, 4) is 17.2 Å². The van der Waals surface area contributed by atoms with Gasteiger partial charge in [-0.3, -0.25) is 0 Å². The molecule has 0 saturated carbocycles. The van der Waals surface area contributed by atoms with Gasteiger partial charge < -0.3 is 4.74 Å². The van der Waals surface area contributed by atoms with Crippen LogP contribution in [0.5, 0.6) is 11.5 Å². The van der Waals surface area contributed by atoms with E-state index in [1.165, 1.54) is 35.1 Å². The maximum Gasteiger partial charge on any atom is 0.165 e. The van der Waals surface area contributed by atoms with Crippen molar-refractivity contribution in [2.24, 2.45) is 0 Å². The molecule has 0 amide bonds. The lowest BCUT2D eigenvalue weighted by atomic mass is 10.3. The van der Waals surface area contributed by atoms with Gasteiger partial charge in [0.2, 0.25) is 0 Å². The van der Waals surface area contributed by atoms with Crippen LogP contribution in [0.2, 0.25) is 0 Å². The van der Waals surface area contributed by atoms with Crippen molar-refractivity contribution in [2.75, 3.05) is 0 Å². The Morgan fingerprint density at radius 2 is 1.65 bits per heavy atom. The second-order valence-corrected chi connectivity index (χ2v) is 4.16. The van der Waals surface area contributed by atoms with Gasteiger partial charge in [-0.1, -0.05) is 12.1 Å². The zero-order valence-electron chi connectivity index (χ0n) is 10.3. The molecule has 0 N–H and O–H groups in total. The van der Waals surface area contributed by atoms with E-state index < -0.39 is 0 Å². The maximum atomic E-state index is 13.1. The summed E-state index contributed by atoms with van der Waals surface area (Å²) in [5.74, 6) is 0.106.